The summed E-state index contributed by atoms with van der Waals surface area (Å²) in [6.45, 7) is 0. The molecule has 0 aliphatic carbocycles. The molecule has 1 aromatic carbocycles. The molecule has 0 spiro atoms. The summed E-state index contributed by atoms with van der Waals surface area (Å²) in [5.41, 5.74) is 3.69. The van der Waals surface area contributed by atoms with Gasteiger partial charge in [0.15, 0.2) is 0 Å². The Morgan fingerprint density at radius 2 is 2.05 bits per heavy atom. The van der Waals surface area contributed by atoms with E-state index >= 15 is 0 Å². The van der Waals surface area contributed by atoms with Gasteiger partial charge in [-0.05, 0) is 56.1 Å². The minimum absolute atomic E-state index is 0.0499. The summed E-state index contributed by atoms with van der Waals surface area (Å²) in [6.07, 6.45) is 3.44. The molecule has 2 aromatic rings. The first kappa shape index (κ1) is 14.8. The lowest BCUT2D eigenvalue weighted by molar-refractivity contribution is 0.0955. The van der Waals surface area contributed by atoms with Crippen molar-refractivity contribution in [2.45, 2.75) is 0 Å². The zero-order chi connectivity index (χ0) is 14.7. The molecule has 0 unspecified atom stereocenters. The lowest BCUT2D eigenvalue weighted by Gasteiger charge is -2.04. The summed E-state index contributed by atoms with van der Waals surface area (Å²) < 4.78 is 2.75. The van der Waals surface area contributed by atoms with E-state index in [2.05, 4.69) is 42.4 Å². The molecule has 0 aliphatic heterocycles. The van der Waals surface area contributed by atoms with Gasteiger partial charge in [-0.1, -0.05) is 0 Å². The van der Waals surface area contributed by atoms with Crippen molar-refractivity contribution in [3.8, 4) is 5.75 Å². The van der Waals surface area contributed by atoms with Gasteiger partial charge in [-0.15, -0.1) is 0 Å². The fraction of sp³-hybridized carbons (Fsp3) is 0.0769. The Hall–Kier alpha value is -1.60. The van der Waals surface area contributed by atoms with Crippen molar-refractivity contribution < 1.29 is 9.90 Å². The molecule has 1 amide bonds. The molecule has 0 fully saturated rings. The number of carbonyl (C=O) groups is 1. The topological polar surface area (TPSA) is 66.6 Å². The highest BCUT2D eigenvalue weighted by Crippen LogP contribution is 2.33. The molecule has 0 radical (unpaired) electrons. The average molecular weight is 401 g/mol. The molecule has 0 bridgehead atoms. The number of benzene rings is 1. The number of phenolic OH excluding ortho intramolecular Hbond substituents is 1. The number of carbonyl (C=O) groups excluding carboxylic acids is 1. The Labute approximate surface area is 132 Å². The maximum Gasteiger partial charge on any atom is 0.271 e. The van der Waals surface area contributed by atoms with Crippen LogP contribution in [0.4, 0.5) is 0 Å². The lowest BCUT2D eigenvalue weighted by Crippen LogP contribution is -2.17. The number of halogens is 2. The van der Waals surface area contributed by atoms with Gasteiger partial charge in [0.25, 0.3) is 5.91 Å². The number of aryl methyl sites for hydroxylation is 1. The third kappa shape index (κ3) is 3.29. The van der Waals surface area contributed by atoms with E-state index in [1.54, 1.807) is 6.21 Å². The molecule has 0 atom stereocenters. The molecular formula is C13H11Br2N3O2. The molecule has 1 aromatic heterocycles. The largest absolute Gasteiger partial charge is 0.506 e. The van der Waals surface area contributed by atoms with E-state index in [1.807, 2.05) is 29.9 Å². The third-order valence-corrected chi connectivity index (χ3v) is 3.83. The van der Waals surface area contributed by atoms with Crippen LogP contribution in [0.3, 0.4) is 0 Å². The van der Waals surface area contributed by atoms with Gasteiger partial charge in [0, 0.05) is 18.8 Å². The molecule has 1 heterocycles. The van der Waals surface area contributed by atoms with Gasteiger partial charge in [0.2, 0.25) is 0 Å². The zero-order valence-electron chi connectivity index (χ0n) is 10.5. The van der Waals surface area contributed by atoms with E-state index in [1.165, 1.54) is 12.1 Å². The molecular weight excluding hydrogens is 390 g/mol. The van der Waals surface area contributed by atoms with Crippen LogP contribution in [0.25, 0.3) is 0 Å². The van der Waals surface area contributed by atoms with Crippen LogP contribution < -0.4 is 5.43 Å². The van der Waals surface area contributed by atoms with Crippen LogP contribution in [0, 0.1) is 0 Å². The van der Waals surface area contributed by atoms with Crippen LogP contribution >= 0.6 is 31.9 Å². The maximum absolute atomic E-state index is 11.9. The Bertz CT molecular complexity index is 657. The normalized spacial score (nSPS) is 10.9. The number of amides is 1. The van der Waals surface area contributed by atoms with Crippen LogP contribution in [-0.2, 0) is 7.05 Å². The van der Waals surface area contributed by atoms with Crippen LogP contribution in [0.1, 0.15) is 16.1 Å². The second-order valence-electron chi connectivity index (χ2n) is 4.03. The fourth-order valence-electron chi connectivity index (χ4n) is 1.53. The smallest absolute Gasteiger partial charge is 0.271 e. The molecule has 0 saturated carbocycles. The summed E-state index contributed by atoms with van der Waals surface area (Å²) in [7, 11) is 1.89. The van der Waals surface area contributed by atoms with Crippen molar-refractivity contribution in [1.82, 2.24) is 9.99 Å². The lowest BCUT2D eigenvalue weighted by atomic mass is 10.2. The first-order valence-electron chi connectivity index (χ1n) is 5.62. The molecule has 20 heavy (non-hydrogen) atoms. The molecule has 0 aliphatic rings. The van der Waals surface area contributed by atoms with E-state index in [0.717, 1.165) is 5.69 Å². The minimum Gasteiger partial charge on any atom is -0.506 e. The van der Waals surface area contributed by atoms with Crippen LogP contribution in [-0.4, -0.2) is 21.8 Å². The number of hydrogen-bond acceptors (Lipinski definition) is 3. The molecule has 7 heteroatoms. The zero-order valence-corrected chi connectivity index (χ0v) is 13.6. The second kappa shape index (κ2) is 6.23. The Kier molecular flexibility index (Phi) is 4.61. The van der Waals surface area contributed by atoms with Crippen molar-refractivity contribution in [2.75, 3.05) is 0 Å². The molecule has 2 rings (SSSR count). The monoisotopic (exact) mass is 399 g/mol. The number of phenols is 1. The van der Waals surface area contributed by atoms with Gasteiger partial charge < -0.3 is 9.67 Å². The van der Waals surface area contributed by atoms with Crippen molar-refractivity contribution >= 4 is 44.0 Å². The van der Waals surface area contributed by atoms with Crippen LogP contribution in [0.15, 0.2) is 44.5 Å². The predicted octanol–water partition coefficient (Wildman–Crippen LogP) is 3.02. The van der Waals surface area contributed by atoms with E-state index < -0.39 is 0 Å². The van der Waals surface area contributed by atoms with Gasteiger partial charge in [0.1, 0.15) is 5.75 Å². The molecule has 5 nitrogen and oxygen atoms in total. The number of aromatic nitrogens is 1. The predicted molar refractivity (Wildman–Crippen MR) is 84.0 cm³/mol. The van der Waals surface area contributed by atoms with E-state index in [0.29, 0.717) is 14.5 Å². The maximum atomic E-state index is 11.9. The van der Waals surface area contributed by atoms with Crippen molar-refractivity contribution in [3.63, 3.8) is 0 Å². The van der Waals surface area contributed by atoms with Crippen molar-refractivity contribution in [2.24, 2.45) is 12.1 Å². The van der Waals surface area contributed by atoms with Crippen LogP contribution in [0.2, 0.25) is 0 Å². The quantitative estimate of drug-likeness (QED) is 0.614. The standard InChI is InChI=1S/C13H11Br2N3O2/c1-18-4-2-3-9(18)7-16-17-13(20)8-5-10(14)12(19)11(15)6-8/h2-7,19H,1H3,(H,17,20)/b16-7-. The van der Waals surface area contributed by atoms with Gasteiger partial charge in [-0.2, -0.15) is 5.10 Å². The number of nitrogens with one attached hydrogen (secondary N) is 1. The van der Waals surface area contributed by atoms with E-state index in [4.69, 9.17) is 0 Å². The van der Waals surface area contributed by atoms with E-state index in [-0.39, 0.29) is 11.7 Å². The highest BCUT2D eigenvalue weighted by atomic mass is 79.9. The van der Waals surface area contributed by atoms with Crippen molar-refractivity contribution in [1.29, 1.82) is 0 Å². The molecule has 104 valence electrons. The van der Waals surface area contributed by atoms with Crippen molar-refractivity contribution in [3.05, 3.63) is 50.7 Å². The number of rotatable bonds is 3. The Morgan fingerprint density at radius 1 is 1.40 bits per heavy atom. The number of hydrazone groups is 1. The van der Waals surface area contributed by atoms with Gasteiger partial charge >= 0.3 is 0 Å². The number of hydrogen-bond donors (Lipinski definition) is 2. The first-order valence-corrected chi connectivity index (χ1v) is 7.20. The third-order valence-electron chi connectivity index (χ3n) is 2.63. The van der Waals surface area contributed by atoms with E-state index in [9.17, 15) is 9.90 Å². The highest BCUT2D eigenvalue weighted by molar-refractivity contribution is 9.11. The summed E-state index contributed by atoms with van der Waals surface area (Å²) in [5.74, 6) is -0.314. The molecule has 0 saturated heterocycles. The highest BCUT2D eigenvalue weighted by Gasteiger charge is 2.11. The summed E-state index contributed by atoms with van der Waals surface area (Å²) in [5, 5.41) is 13.5. The van der Waals surface area contributed by atoms with Crippen LogP contribution in [0.5, 0.6) is 5.75 Å². The summed E-state index contributed by atoms with van der Waals surface area (Å²) in [6, 6.07) is 6.81. The van der Waals surface area contributed by atoms with Gasteiger partial charge in [-0.25, -0.2) is 5.43 Å². The summed E-state index contributed by atoms with van der Waals surface area (Å²) in [4.78, 5) is 11.9. The second-order valence-corrected chi connectivity index (χ2v) is 5.74. The Balaban J connectivity index is 2.09. The number of aromatic hydroxyl groups is 1. The Morgan fingerprint density at radius 3 is 2.60 bits per heavy atom. The fourth-order valence-corrected chi connectivity index (χ4v) is 2.71. The van der Waals surface area contributed by atoms with Gasteiger partial charge in [0.05, 0.1) is 20.9 Å². The summed E-state index contributed by atoms with van der Waals surface area (Å²) >= 11 is 6.35. The number of nitrogens with zero attached hydrogens (tertiary/aromatic N) is 2. The average Bonchev–Trinajstić information content (AvgIpc) is 2.81. The van der Waals surface area contributed by atoms with Gasteiger partial charge in [-0.3, -0.25) is 4.79 Å². The molecule has 2 N–H and O–H groups in total. The minimum atomic E-state index is -0.364. The SMILES string of the molecule is Cn1cccc1/C=N\NC(=O)c1cc(Br)c(O)c(Br)c1. The first-order chi connectivity index (χ1) is 9.49.